The van der Waals surface area contributed by atoms with Crippen molar-refractivity contribution < 1.29 is 14.0 Å². The smallest absolute Gasteiger partial charge is 0.227 e. The molecule has 160 valence electrons. The second-order valence-electron chi connectivity index (χ2n) is 7.98. The molecule has 30 heavy (non-hydrogen) atoms. The fourth-order valence-electron chi connectivity index (χ4n) is 4.05. The van der Waals surface area contributed by atoms with Crippen molar-refractivity contribution in [2.75, 3.05) is 36.4 Å². The maximum Gasteiger partial charge on any atom is 0.227 e. The molecule has 0 spiro atoms. The Hall–Kier alpha value is -2.48. The van der Waals surface area contributed by atoms with Gasteiger partial charge in [0.05, 0.1) is 5.69 Å². The first kappa shape index (κ1) is 20.8. The summed E-state index contributed by atoms with van der Waals surface area (Å²) in [4.78, 5) is 34.8. The number of nitrogens with one attached hydrogen (secondary N) is 1. The number of hydrogen-bond acceptors (Lipinski definition) is 5. The summed E-state index contributed by atoms with van der Waals surface area (Å²) in [5.74, 6) is -0.339. The van der Waals surface area contributed by atoms with Gasteiger partial charge in [-0.1, -0.05) is 13.0 Å². The monoisotopic (exact) mass is 430 g/mol. The van der Waals surface area contributed by atoms with Gasteiger partial charge in [-0.2, -0.15) is 0 Å². The summed E-state index contributed by atoms with van der Waals surface area (Å²) in [5, 5.41) is 3.89. The third-order valence-electron chi connectivity index (χ3n) is 5.96. The van der Waals surface area contributed by atoms with Gasteiger partial charge in [0.1, 0.15) is 5.82 Å². The summed E-state index contributed by atoms with van der Waals surface area (Å²) in [7, 11) is 0. The van der Waals surface area contributed by atoms with E-state index in [9.17, 15) is 14.0 Å². The maximum absolute atomic E-state index is 13.5. The number of thiazole rings is 1. The van der Waals surface area contributed by atoms with Crippen LogP contribution in [0.15, 0.2) is 18.2 Å². The van der Waals surface area contributed by atoms with Crippen LogP contribution in [0.25, 0.3) is 0 Å². The minimum absolute atomic E-state index is 0.0593. The highest BCUT2D eigenvalue weighted by molar-refractivity contribution is 7.15. The number of carbonyl (C=O) groups excluding carboxylic acids is 2. The second kappa shape index (κ2) is 8.71. The topological polar surface area (TPSA) is 65.5 Å². The number of carbonyl (C=O) groups is 2. The summed E-state index contributed by atoms with van der Waals surface area (Å²) >= 11 is 1.66. The molecule has 0 radical (unpaired) electrons. The van der Waals surface area contributed by atoms with Crippen molar-refractivity contribution in [2.45, 2.75) is 39.5 Å². The second-order valence-corrected chi connectivity index (χ2v) is 9.04. The number of amides is 2. The third kappa shape index (κ3) is 4.33. The molecule has 1 aliphatic carbocycles. The Labute approximate surface area is 180 Å². The highest BCUT2D eigenvalue weighted by Gasteiger charge is 2.30. The molecule has 1 aromatic carbocycles. The molecule has 1 fully saturated rings. The molecule has 6 nitrogen and oxygen atoms in total. The number of aromatic nitrogens is 1. The fourth-order valence-corrected chi connectivity index (χ4v) is 5.29. The van der Waals surface area contributed by atoms with Crippen LogP contribution in [0.1, 0.15) is 35.9 Å². The van der Waals surface area contributed by atoms with Crippen molar-refractivity contribution >= 4 is 34.0 Å². The molecule has 1 atom stereocenters. The van der Waals surface area contributed by atoms with Gasteiger partial charge in [-0.3, -0.25) is 9.59 Å². The molecule has 1 aromatic heterocycles. The molecule has 2 amide bonds. The molecule has 1 saturated heterocycles. The van der Waals surface area contributed by atoms with E-state index in [1.54, 1.807) is 17.4 Å². The molecule has 0 unspecified atom stereocenters. The predicted octanol–water partition coefficient (Wildman–Crippen LogP) is 3.39. The lowest BCUT2D eigenvalue weighted by molar-refractivity contribution is -0.131. The molecule has 4 rings (SSSR count). The average Bonchev–Trinajstić information content (AvgIpc) is 3.19. The fraction of sp³-hybridized carbons (Fsp3) is 0.500. The van der Waals surface area contributed by atoms with E-state index < -0.39 is 0 Å². The maximum atomic E-state index is 13.5. The first-order valence-electron chi connectivity index (χ1n) is 10.5. The van der Waals surface area contributed by atoms with Crippen molar-refractivity contribution in [3.05, 3.63) is 40.2 Å². The molecule has 0 bridgehead atoms. The molecule has 8 heteroatoms. The van der Waals surface area contributed by atoms with E-state index in [0.717, 1.165) is 55.4 Å². The van der Waals surface area contributed by atoms with Crippen molar-refractivity contribution in [1.29, 1.82) is 0 Å². The number of fused-ring (bicyclic) bond motifs is 1. The molecule has 2 aliphatic rings. The van der Waals surface area contributed by atoms with Crippen LogP contribution in [0.2, 0.25) is 0 Å². The summed E-state index contributed by atoms with van der Waals surface area (Å²) in [5.41, 5.74) is 2.48. The average molecular weight is 431 g/mol. The standard InChI is InChI=1S/C22H27FN4O2S/c1-3-20(28)26-8-10-27(11-9-26)22-25-17-7-5-15(12-19(17)30-22)21(29)24-18-13-16(23)6-4-14(18)2/h4,6,13,15H,3,5,7-12H2,1-2H3,(H,24,29)/t15-/m1/s1. The number of halogens is 1. The van der Waals surface area contributed by atoms with E-state index in [1.807, 2.05) is 18.7 Å². The van der Waals surface area contributed by atoms with Gasteiger partial charge in [-0.15, -0.1) is 11.3 Å². The minimum atomic E-state index is -0.352. The lowest BCUT2D eigenvalue weighted by atomic mass is 9.90. The van der Waals surface area contributed by atoms with Crippen molar-refractivity contribution in [2.24, 2.45) is 5.92 Å². The highest BCUT2D eigenvalue weighted by atomic mass is 32.1. The zero-order chi connectivity index (χ0) is 21.3. The van der Waals surface area contributed by atoms with Crippen LogP contribution in [0.5, 0.6) is 0 Å². The van der Waals surface area contributed by atoms with Crippen LogP contribution in [0, 0.1) is 18.7 Å². The molecule has 2 heterocycles. The summed E-state index contributed by atoms with van der Waals surface area (Å²) < 4.78 is 13.5. The Morgan fingerprint density at radius 1 is 1.27 bits per heavy atom. The lowest BCUT2D eigenvalue weighted by Crippen LogP contribution is -2.48. The Balaban J connectivity index is 1.39. The number of rotatable bonds is 4. The van der Waals surface area contributed by atoms with Gasteiger partial charge in [0.2, 0.25) is 11.8 Å². The van der Waals surface area contributed by atoms with Gasteiger partial charge in [0.15, 0.2) is 5.13 Å². The van der Waals surface area contributed by atoms with Crippen LogP contribution < -0.4 is 10.2 Å². The zero-order valence-corrected chi connectivity index (χ0v) is 18.2. The number of anilines is 2. The Morgan fingerprint density at radius 3 is 2.77 bits per heavy atom. The Bertz CT molecular complexity index is 953. The van der Waals surface area contributed by atoms with Crippen LogP contribution in [0.3, 0.4) is 0 Å². The first-order chi connectivity index (χ1) is 14.4. The molecule has 1 N–H and O–H groups in total. The number of piperazine rings is 1. The number of hydrogen-bond donors (Lipinski definition) is 1. The SMILES string of the molecule is CCC(=O)N1CCN(c2nc3c(s2)C[C@H](C(=O)Nc2cc(F)ccc2C)CC3)CC1. The highest BCUT2D eigenvalue weighted by Crippen LogP contribution is 2.35. The van der Waals surface area contributed by atoms with Gasteiger partial charge in [-0.05, 0) is 43.9 Å². The van der Waals surface area contributed by atoms with Crippen molar-refractivity contribution in [3.8, 4) is 0 Å². The van der Waals surface area contributed by atoms with E-state index in [4.69, 9.17) is 4.98 Å². The van der Waals surface area contributed by atoms with E-state index >= 15 is 0 Å². The van der Waals surface area contributed by atoms with Crippen LogP contribution >= 0.6 is 11.3 Å². The van der Waals surface area contributed by atoms with Gasteiger partial charge in [0.25, 0.3) is 0 Å². The Morgan fingerprint density at radius 2 is 2.03 bits per heavy atom. The minimum Gasteiger partial charge on any atom is -0.345 e. The van der Waals surface area contributed by atoms with Crippen LogP contribution in [0.4, 0.5) is 15.2 Å². The van der Waals surface area contributed by atoms with Crippen LogP contribution in [-0.4, -0.2) is 47.9 Å². The molecular formula is C22H27FN4O2S. The summed E-state index contributed by atoms with van der Waals surface area (Å²) in [6.45, 7) is 6.80. The summed E-state index contributed by atoms with van der Waals surface area (Å²) in [6.07, 6.45) is 2.74. The number of aryl methyl sites for hydroxylation is 2. The normalized spacial score (nSPS) is 18.8. The van der Waals surface area contributed by atoms with Gasteiger partial charge in [-0.25, -0.2) is 9.37 Å². The molecule has 1 aliphatic heterocycles. The van der Waals surface area contributed by atoms with Gasteiger partial charge in [0, 0.05) is 49.1 Å². The first-order valence-corrected chi connectivity index (χ1v) is 11.3. The number of nitrogens with zero attached hydrogens (tertiary/aromatic N) is 3. The Kier molecular flexibility index (Phi) is 6.04. The lowest BCUT2D eigenvalue weighted by Gasteiger charge is -2.34. The van der Waals surface area contributed by atoms with E-state index in [0.29, 0.717) is 18.5 Å². The van der Waals surface area contributed by atoms with Gasteiger partial charge < -0.3 is 15.1 Å². The zero-order valence-electron chi connectivity index (χ0n) is 17.4. The molecule has 0 saturated carbocycles. The number of benzene rings is 1. The quantitative estimate of drug-likeness (QED) is 0.808. The van der Waals surface area contributed by atoms with Crippen LogP contribution in [-0.2, 0) is 22.4 Å². The van der Waals surface area contributed by atoms with Crippen molar-refractivity contribution in [1.82, 2.24) is 9.88 Å². The van der Waals surface area contributed by atoms with E-state index in [1.165, 1.54) is 17.0 Å². The molecular weight excluding hydrogens is 403 g/mol. The summed E-state index contributed by atoms with van der Waals surface area (Å²) in [6, 6.07) is 4.44. The van der Waals surface area contributed by atoms with E-state index in [2.05, 4.69) is 10.2 Å². The predicted molar refractivity (Wildman–Crippen MR) is 116 cm³/mol. The third-order valence-corrected chi connectivity index (χ3v) is 7.14. The van der Waals surface area contributed by atoms with Gasteiger partial charge >= 0.3 is 0 Å². The van der Waals surface area contributed by atoms with Crippen molar-refractivity contribution in [3.63, 3.8) is 0 Å². The molecule has 2 aromatic rings. The van der Waals surface area contributed by atoms with E-state index in [-0.39, 0.29) is 23.5 Å². The largest absolute Gasteiger partial charge is 0.345 e.